The number of anilines is 2. The van der Waals surface area contributed by atoms with Crippen molar-refractivity contribution in [2.75, 3.05) is 11.1 Å². The molecule has 0 radical (unpaired) electrons. The van der Waals surface area contributed by atoms with Crippen LogP contribution in [0.5, 0.6) is 0 Å². The highest BCUT2D eigenvalue weighted by molar-refractivity contribution is 5.81. The minimum Gasteiger partial charge on any atom is -0.384 e. The molecule has 1 saturated carbocycles. The van der Waals surface area contributed by atoms with Gasteiger partial charge in [-0.1, -0.05) is 31.4 Å². The second-order valence-electron chi connectivity index (χ2n) is 10.5. The van der Waals surface area contributed by atoms with Crippen LogP contribution >= 0.6 is 0 Å². The lowest BCUT2D eigenvalue weighted by atomic mass is 9.85. The van der Waals surface area contributed by atoms with Crippen molar-refractivity contribution in [2.45, 2.75) is 83.8 Å². The monoisotopic (exact) mass is 518 g/mol. The number of hydrogen-bond acceptors (Lipinski definition) is 6. The number of nitrogens with two attached hydrogens (primary N) is 1. The van der Waals surface area contributed by atoms with E-state index in [4.69, 9.17) is 10.7 Å². The van der Waals surface area contributed by atoms with Gasteiger partial charge in [0.15, 0.2) is 5.82 Å². The summed E-state index contributed by atoms with van der Waals surface area (Å²) >= 11 is 0. The van der Waals surface area contributed by atoms with Gasteiger partial charge in [-0.15, -0.1) is 0 Å². The molecule has 3 heterocycles. The highest BCUT2D eigenvalue weighted by Crippen LogP contribution is 2.37. The van der Waals surface area contributed by atoms with Gasteiger partial charge in [-0.25, -0.2) is 14.4 Å². The Morgan fingerprint density at radius 3 is 2.61 bits per heavy atom. The molecule has 0 saturated heterocycles. The Morgan fingerprint density at radius 2 is 1.87 bits per heavy atom. The Balaban J connectivity index is 1.44. The maximum absolute atomic E-state index is 13.9. The number of carbonyl (C=O) groups excluding carboxylic acids is 1. The number of nitrogens with one attached hydrogen (secondary N) is 2. The molecule has 2 aromatic heterocycles. The number of halogens is 1. The molecule has 1 fully saturated rings. The average molecular weight is 519 g/mol. The van der Waals surface area contributed by atoms with Crippen LogP contribution in [-0.4, -0.2) is 20.4 Å². The van der Waals surface area contributed by atoms with Crippen molar-refractivity contribution in [2.24, 2.45) is 0 Å². The van der Waals surface area contributed by atoms with Crippen LogP contribution < -0.4 is 21.9 Å². The van der Waals surface area contributed by atoms with Crippen LogP contribution in [-0.2, 0) is 24.3 Å². The molecule has 0 bridgehead atoms. The van der Waals surface area contributed by atoms with Gasteiger partial charge in [0.2, 0.25) is 5.91 Å². The Hall–Kier alpha value is -3.75. The van der Waals surface area contributed by atoms with Gasteiger partial charge in [0.1, 0.15) is 17.7 Å². The fourth-order valence-electron chi connectivity index (χ4n) is 5.84. The van der Waals surface area contributed by atoms with E-state index in [-0.39, 0.29) is 35.6 Å². The molecule has 1 aliphatic heterocycles. The summed E-state index contributed by atoms with van der Waals surface area (Å²) in [4.78, 5) is 36.2. The summed E-state index contributed by atoms with van der Waals surface area (Å²) in [5, 5.41) is 6.16. The molecule has 1 amide bonds. The Kier molecular flexibility index (Phi) is 7.44. The number of amides is 1. The maximum atomic E-state index is 13.9. The van der Waals surface area contributed by atoms with Crippen LogP contribution in [0.1, 0.15) is 84.3 Å². The van der Waals surface area contributed by atoms with Crippen molar-refractivity contribution in [3.63, 3.8) is 0 Å². The van der Waals surface area contributed by atoms with E-state index in [1.807, 2.05) is 26.0 Å². The Labute approximate surface area is 221 Å². The minimum atomic E-state index is -0.609. The van der Waals surface area contributed by atoms with E-state index in [1.165, 1.54) is 18.6 Å². The summed E-state index contributed by atoms with van der Waals surface area (Å²) in [6, 6.07) is 7.77. The lowest BCUT2D eigenvalue weighted by Gasteiger charge is -2.25. The molecule has 2 aliphatic rings. The van der Waals surface area contributed by atoms with Gasteiger partial charge in [0, 0.05) is 30.4 Å². The number of nitrogens with zero attached hydrogens (tertiary/aromatic N) is 3. The van der Waals surface area contributed by atoms with Crippen molar-refractivity contribution in [1.82, 2.24) is 19.9 Å². The van der Waals surface area contributed by atoms with Gasteiger partial charge in [0.05, 0.1) is 5.69 Å². The highest BCUT2D eigenvalue weighted by Gasteiger charge is 2.35. The molecule has 5 rings (SSSR count). The van der Waals surface area contributed by atoms with Crippen molar-refractivity contribution in [3.05, 3.63) is 80.3 Å². The zero-order chi connectivity index (χ0) is 26.8. The summed E-state index contributed by atoms with van der Waals surface area (Å²) in [5.74, 6) is 0.411. The van der Waals surface area contributed by atoms with E-state index in [0.717, 1.165) is 59.5 Å². The topological polar surface area (TPSA) is 115 Å². The second-order valence-corrected chi connectivity index (χ2v) is 10.5. The largest absolute Gasteiger partial charge is 0.384 e. The average Bonchev–Trinajstić information content (AvgIpc) is 3.33. The molecule has 38 heavy (non-hydrogen) atoms. The number of aryl methyl sites for hydroxylation is 2. The van der Waals surface area contributed by atoms with Crippen LogP contribution in [0.2, 0.25) is 0 Å². The molecular weight excluding hydrogens is 483 g/mol. The van der Waals surface area contributed by atoms with E-state index >= 15 is 0 Å². The third kappa shape index (κ3) is 5.42. The molecular formula is C29H35FN6O2. The number of rotatable bonds is 7. The van der Waals surface area contributed by atoms with E-state index in [2.05, 4.69) is 15.6 Å². The molecule has 200 valence electrons. The standard InChI is InChI=1S/C29H35FN6O2/c1-17-12-19(14-22(30)13-17)15-32-27-29(38)36-23(26(35-27)20-6-4-3-5-7-20)9-10-24(36)28(37)33-16-21-8-11-25(31)34-18(21)2/h8,11-14,20,24H,3-7,9-10,15-16H2,1-2H3,(H2,31,34)(H,32,35)(H,33,37). The Bertz CT molecular complexity index is 1390. The molecule has 4 N–H and O–H groups in total. The number of carbonyl (C=O) groups is 1. The van der Waals surface area contributed by atoms with Gasteiger partial charge < -0.3 is 16.4 Å². The summed E-state index contributed by atoms with van der Waals surface area (Å²) in [5.41, 5.74) is 10.4. The molecule has 1 aromatic carbocycles. The zero-order valence-corrected chi connectivity index (χ0v) is 22.0. The molecule has 0 spiro atoms. The first kappa shape index (κ1) is 25.9. The smallest absolute Gasteiger partial charge is 0.294 e. The van der Waals surface area contributed by atoms with E-state index in [0.29, 0.717) is 25.2 Å². The Morgan fingerprint density at radius 1 is 1.08 bits per heavy atom. The molecule has 1 aliphatic carbocycles. The van der Waals surface area contributed by atoms with Gasteiger partial charge >= 0.3 is 0 Å². The number of nitrogen functional groups attached to an aromatic ring is 1. The first-order valence-corrected chi connectivity index (χ1v) is 13.4. The van der Waals surface area contributed by atoms with Gasteiger partial charge in [-0.2, -0.15) is 0 Å². The quantitative estimate of drug-likeness (QED) is 0.426. The van der Waals surface area contributed by atoms with Gasteiger partial charge in [0.25, 0.3) is 5.56 Å². The summed E-state index contributed by atoms with van der Waals surface area (Å²) in [6.07, 6.45) is 6.72. The van der Waals surface area contributed by atoms with Crippen LogP contribution in [0, 0.1) is 19.7 Å². The summed E-state index contributed by atoms with van der Waals surface area (Å²) in [7, 11) is 0. The lowest BCUT2D eigenvalue weighted by Crippen LogP contribution is -2.37. The normalized spacial score (nSPS) is 17.3. The molecule has 3 aromatic rings. The first-order valence-electron chi connectivity index (χ1n) is 13.4. The molecule has 1 unspecified atom stereocenters. The van der Waals surface area contributed by atoms with E-state index in [9.17, 15) is 14.0 Å². The third-order valence-electron chi connectivity index (χ3n) is 7.73. The number of hydrogen-bond donors (Lipinski definition) is 3. The second kappa shape index (κ2) is 10.9. The maximum Gasteiger partial charge on any atom is 0.294 e. The van der Waals surface area contributed by atoms with Crippen molar-refractivity contribution in [3.8, 4) is 0 Å². The predicted octanol–water partition coefficient (Wildman–Crippen LogP) is 4.44. The van der Waals surface area contributed by atoms with Crippen LogP contribution in [0.3, 0.4) is 0 Å². The number of benzene rings is 1. The summed E-state index contributed by atoms with van der Waals surface area (Å²) < 4.78 is 15.6. The number of fused-ring (bicyclic) bond motifs is 1. The minimum absolute atomic E-state index is 0.199. The third-order valence-corrected chi connectivity index (χ3v) is 7.73. The highest BCUT2D eigenvalue weighted by atomic mass is 19.1. The first-order chi connectivity index (χ1) is 18.3. The lowest BCUT2D eigenvalue weighted by molar-refractivity contribution is -0.124. The fourth-order valence-corrected chi connectivity index (χ4v) is 5.84. The molecule has 1 atom stereocenters. The predicted molar refractivity (Wildman–Crippen MR) is 145 cm³/mol. The van der Waals surface area contributed by atoms with Crippen molar-refractivity contribution >= 4 is 17.5 Å². The summed E-state index contributed by atoms with van der Waals surface area (Å²) in [6.45, 7) is 4.27. The van der Waals surface area contributed by atoms with Crippen molar-refractivity contribution < 1.29 is 9.18 Å². The molecule has 8 nitrogen and oxygen atoms in total. The van der Waals surface area contributed by atoms with Gasteiger partial charge in [-0.3, -0.25) is 14.2 Å². The van der Waals surface area contributed by atoms with Crippen LogP contribution in [0.15, 0.2) is 35.1 Å². The number of pyridine rings is 1. The fraction of sp³-hybridized carbons (Fsp3) is 0.448. The number of aromatic nitrogens is 3. The van der Waals surface area contributed by atoms with E-state index < -0.39 is 6.04 Å². The van der Waals surface area contributed by atoms with Crippen LogP contribution in [0.25, 0.3) is 0 Å². The van der Waals surface area contributed by atoms with Gasteiger partial charge in [-0.05, 0) is 74.4 Å². The van der Waals surface area contributed by atoms with E-state index in [1.54, 1.807) is 10.6 Å². The molecule has 9 heteroatoms. The SMILES string of the molecule is Cc1cc(F)cc(CNc2nc(C3CCCCC3)c3n(c2=O)C(C(=O)NCc2ccc(N)nc2C)CC3)c1. The van der Waals surface area contributed by atoms with Crippen LogP contribution in [0.4, 0.5) is 16.0 Å². The zero-order valence-electron chi connectivity index (χ0n) is 22.0. The van der Waals surface area contributed by atoms with Crippen molar-refractivity contribution in [1.29, 1.82) is 0 Å².